The summed E-state index contributed by atoms with van der Waals surface area (Å²) in [6, 6.07) is 4.13. The number of piperidine rings is 1. The van der Waals surface area contributed by atoms with Crippen molar-refractivity contribution in [3.8, 4) is 11.5 Å². The third-order valence-electron chi connectivity index (χ3n) is 6.20. The molecule has 1 aromatic carbocycles. The molecule has 28 heavy (non-hydrogen) atoms. The first-order chi connectivity index (χ1) is 13.5. The Morgan fingerprint density at radius 1 is 0.964 bits per heavy atom. The van der Waals surface area contributed by atoms with Crippen molar-refractivity contribution in [3.63, 3.8) is 0 Å². The summed E-state index contributed by atoms with van der Waals surface area (Å²) in [5, 5.41) is 0. The number of piperazine rings is 1. The van der Waals surface area contributed by atoms with E-state index in [9.17, 15) is 4.79 Å². The summed E-state index contributed by atoms with van der Waals surface area (Å²) in [6.07, 6.45) is 2.29. The van der Waals surface area contributed by atoms with Gasteiger partial charge in [-0.05, 0) is 48.9 Å². The SMILES string of the molecule is COc1cc(C)c(CN2CCN(CC(=O)N3CCC(C)CC3)CC2)cc1OC. The molecular weight excluding hydrogens is 354 g/mol. The number of aryl methyl sites for hydroxylation is 1. The highest BCUT2D eigenvalue weighted by Crippen LogP contribution is 2.31. The van der Waals surface area contributed by atoms with Gasteiger partial charge >= 0.3 is 0 Å². The van der Waals surface area contributed by atoms with Crippen molar-refractivity contribution in [2.24, 2.45) is 5.92 Å². The third kappa shape index (κ3) is 5.17. The number of amides is 1. The van der Waals surface area contributed by atoms with Crippen LogP contribution in [0.15, 0.2) is 12.1 Å². The van der Waals surface area contributed by atoms with Gasteiger partial charge in [0.05, 0.1) is 20.8 Å². The Morgan fingerprint density at radius 3 is 2.14 bits per heavy atom. The van der Waals surface area contributed by atoms with Crippen LogP contribution in [0.25, 0.3) is 0 Å². The Labute approximate surface area is 169 Å². The average molecular weight is 390 g/mol. The molecule has 1 aromatic rings. The van der Waals surface area contributed by atoms with Gasteiger partial charge in [-0.3, -0.25) is 14.6 Å². The Morgan fingerprint density at radius 2 is 1.54 bits per heavy atom. The van der Waals surface area contributed by atoms with Crippen molar-refractivity contribution >= 4 is 5.91 Å². The fourth-order valence-electron chi connectivity index (χ4n) is 4.09. The lowest BCUT2D eigenvalue weighted by atomic mass is 9.99. The largest absolute Gasteiger partial charge is 0.493 e. The molecule has 3 rings (SSSR count). The molecule has 2 heterocycles. The van der Waals surface area contributed by atoms with E-state index in [1.165, 1.54) is 11.1 Å². The fraction of sp³-hybridized carbons (Fsp3) is 0.682. The van der Waals surface area contributed by atoms with E-state index in [1.807, 2.05) is 6.07 Å². The Bertz CT molecular complexity index is 663. The highest BCUT2D eigenvalue weighted by atomic mass is 16.5. The van der Waals surface area contributed by atoms with Gasteiger partial charge in [-0.1, -0.05) is 6.92 Å². The lowest BCUT2D eigenvalue weighted by Crippen LogP contribution is -2.50. The molecule has 0 spiro atoms. The molecule has 0 bridgehead atoms. The minimum Gasteiger partial charge on any atom is -0.493 e. The van der Waals surface area contributed by atoms with Gasteiger partial charge in [0.25, 0.3) is 0 Å². The molecule has 0 aliphatic carbocycles. The van der Waals surface area contributed by atoms with E-state index < -0.39 is 0 Å². The van der Waals surface area contributed by atoms with Crippen LogP contribution in [0, 0.1) is 12.8 Å². The quantitative estimate of drug-likeness (QED) is 0.748. The Balaban J connectivity index is 1.48. The Kier molecular flexibility index (Phi) is 7.18. The van der Waals surface area contributed by atoms with Crippen LogP contribution in [0.3, 0.4) is 0 Å². The zero-order chi connectivity index (χ0) is 20.1. The molecule has 2 aliphatic heterocycles. The van der Waals surface area contributed by atoms with Crippen LogP contribution < -0.4 is 9.47 Å². The molecular formula is C22H35N3O3. The third-order valence-corrected chi connectivity index (χ3v) is 6.20. The van der Waals surface area contributed by atoms with Crippen molar-refractivity contribution in [2.45, 2.75) is 33.2 Å². The minimum atomic E-state index is 0.302. The van der Waals surface area contributed by atoms with Crippen molar-refractivity contribution in [2.75, 3.05) is 60.0 Å². The average Bonchev–Trinajstić information content (AvgIpc) is 2.71. The first-order valence-corrected chi connectivity index (χ1v) is 10.4. The summed E-state index contributed by atoms with van der Waals surface area (Å²) in [5.41, 5.74) is 2.49. The summed E-state index contributed by atoms with van der Waals surface area (Å²) in [5.74, 6) is 2.62. The maximum absolute atomic E-state index is 12.6. The van der Waals surface area contributed by atoms with E-state index in [0.29, 0.717) is 12.5 Å². The number of hydrogen-bond donors (Lipinski definition) is 0. The van der Waals surface area contributed by atoms with E-state index in [2.05, 4.69) is 34.6 Å². The van der Waals surface area contributed by atoms with E-state index in [1.54, 1.807) is 14.2 Å². The topological polar surface area (TPSA) is 45.2 Å². The molecule has 2 fully saturated rings. The number of carbonyl (C=O) groups is 1. The predicted molar refractivity (Wildman–Crippen MR) is 111 cm³/mol. The number of hydrogen-bond acceptors (Lipinski definition) is 5. The standard InChI is InChI=1S/C22H35N3O3/c1-17-5-7-25(8-6-17)22(26)16-24-11-9-23(10-12-24)15-19-14-21(28-4)20(27-3)13-18(19)2/h13-14,17H,5-12,15-16H2,1-4H3. The van der Waals surface area contributed by atoms with Crippen molar-refractivity contribution in [3.05, 3.63) is 23.3 Å². The smallest absolute Gasteiger partial charge is 0.236 e. The molecule has 1 amide bonds. The molecule has 6 heteroatoms. The zero-order valence-electron chi connectivity index (χ0n) is 17.9. The van der Waals surface area contributed by atoms with Gasteiger partial charge in [0.1, 0.15) is 0 Å². The molecule has 2 saturated heterocycles. The minimum absolute atomic E-state index is 0.302. The van der Waals surface area contributed by atoms with E-state index in [0.717, 1.165) is 76.1 Å². The number of methoxy groups -OCH3 is 2. The maximum Gasteiger partial charge on any atom is 0.236 e. The van der Waals surface area contributed by atoms with Crippen LogP contribution in [-0.4, -0.2) is 80.6 Å². The maximum atomic E-state index is 12.6. The second-order valence-corrected chi connectivity index (χ2v) is 8.25. The number of carbonyl (C=O) groups excluding carboxylic acids is 1. The molecule has 156 valence electrons. The molecule has 0 radical (unpaired) electrons. The van der Waals surface area contributed by atoms with Crippen LogP contribution in [0.1, 0.15) is 30.9 Å². The molecule has 0 unspecified atom stereocenters. The van der Waals surface area contributed by atoms with E-state index >= 15 is 0 Å². The molecule has 0 saturated carbocycles. The lowest BCUT2D eigenvalue weighted by Gasteiger charge is -2.37. The fourth-order valence-corrected chi connectivity index (χ4v) is 4.09. The van der Waals surface area contributed by atoms with Gasteiger partial charge in [-0.2, -0.15) is 0 Å². The van der Waals surface area contributed by atoms with Gasteiger partial charge < -0.3 is 14.4 Å². The number of nitrogens with zero attached hydrogens (tertiary/aromatic N) is 3. The van der Waals surface area contributed by atoms with Crippen LogP contribution >= 0.6 is 0 Å². The van der Waals surface area contributed by atoms with Crippen LogP contribution in [0.2, 0.25) is 0 Å². The summed E-state index contributed by atoms with van der Waals surface area (Å²) < 4.78 is 10.8. The van der Waals surface area contributed by atoms with Gasteiger partial charge in [0.15, 0.2) is 11.5 Å². The van der Waals surface area contributed by atoms with Crippen molar-refractivity contribution in [1.82, 2.24) is 14.7 Å². The van der Waals surface area contributed by atoms with Gasteiger partial charge in [-0.15, -0.1) is 0 Å². The summed E-state index contributed by atoms with van der Waals surface area (Å²) in [7, 11) is 3.34. The number of benzene rings is 1. The Hall–Kier alpha value is -1.79. The molecule has 0 aromatic heterocycles. The van der Waals surface area contributed by atoms with Gasteiger partial charge in [-0.25, -0.2) is 0 Å². The lowest BCUT2D eigenvalue weighted by molar-refractivity contribution is -0.134. The van der Waals surface area contributed by atoms with Crippen molar-refractivity contribution in [1.29, 1.82) is 0 Å². The predicted octanol–water partition coefficient (Wildman–Crippen LogP) is 2.39. The summed E-state index contributed by atoms with van der Waals surface area (Å²) in [4.78, 5) is 19.4. The normalized spacial score (nSPS) is 19.6. The van der Waals surface area contributed by atoms with Crippen LogP contribution in [-0.2, 0) is 11.3 Å². The number of likely N-dealkylation sites (tertiary alicyclic amines) is 1. The van der Waals surface area contributed by atoms with Crippen LogP contribution in [0.4, 0.5) is 0 Å². The molecule has 2 aliphatic rings. The van der Waals surface area contributed by atoms with Crippen molar-refractivity contribution < 1.29 is 14.3 Å². The zero-order valence-corrected chi connectivity index (χ0v) is 17.9. The monoisotopic (exact) mass is 389 g/mol. The second kappa shape index (κ2) is 9.61. The van der Waals surface area contributed by atoms with Gasteiger partial charge in [0, 0.05) is 45.8 Å². The summed E-state index contributed by atoms with van der Waals surface area (Å²) in [6.45, 7) is 11.6. The molecule has 0 N–H and O–H groups in total. The van der Waals surface area contributed by atoms with Gasteiger partial charge in [0.2, 0.25) is 5.91 Å². The summed E-state index contributed by atoms with van der Waals surface area (Å²) >= 11 is 0. The highest BCUT2D eigenvalue weighted by molar-refractivity contribution is 5.78. The van der Waals surface area contributed by atoms with Crippen LogP contribution in [0.5, 0.6) is 11.5 Å². The van der Waals surface area contributed by atoms with E-state index in [4.69, 9.17) is 9.47 Å². The first-order valence-electron chi connectivity index (χ1n) is 10.4. The number of ether oxygens (including phenoxy) is 2. The first kappa shape index (κ1) is 20.9. The number of rotatable bonds is 6. The molecule has 6 nitrogen and oxygen atoms in total. The highest BCUT2D eigenvalue weighted by Gasteiger charge is 2.24. The van der Waals surface area contributed by atoms with E-state index in [-0.39, 0.29) is 0 Å². The molecule has 0 atom stereocenters. The second-order valence-electron chi connectivity index (χ2n) is 8.25.